The average molecular weight is 702 g/mol. The summed E-state index contributed by atoms with van der Waals surface area (Å²) in [6, 6.07) is 21.2. The Balaban J connectivity index is 1.50. The highest BCUT2D eigenvalue weighted by Gasteiger charge is 2.17. The Morgan fingerprint density at radius 2 is 1.14 bits per heavy atom. The number of carbonyl (C=O) groups excluding carboxylic acids is 2. The van der Waals surface area contributed by atoms with Crippen molar-refractivity contribution in [2.45, 2.75) is 65.2 Å². The number of azo groups is 1. The van der Waals surface area contributed by atoms with Gasteiger partial charge in [0.2, 0.25) is 0 Å². The molecule has 0 aliphatic carbocycles. The van der Waals surface area contributed by atoms with E-state index in [0.717, 1.165) is 57.4 Å². The van der Waals surface area contributed by atoms with E-state index in [1.807, 2.05) is 0 Å². The van der Waals surface area contributed by atoms with Crippen molar-refractivity contribution in [3.63, 3.8) is 0 Å². The number of esters is 2. The summed E-state index contributed by atoms with van der Waals surface area (Å²) in [5.41, 5.74) is 0.613. The van der Waals surface area contributed by atoms with Gasteiger partial charge in [0.05, 0.1) is 34.3 Å². The number of benzene rings is 4. The molecule has 12 heteroatoms. The maximum Gasteiger partial charge on any atom is 0.343 e. The monoisotopic (exact) mass is 701 g/mol. The molecule has 0 bridgehead atoms. The lowest BCUT2D eigenvalue weighted by molar-refractivity contribution is -0.384. The molecule has 4 aromatic rings. The van der Waals surface area contributed by atoms with Crippen LogP contribution >= 0.6 is 11.6 Å². The highest BCUT2D eigenvalue weighted by atomic mass is 35.5. The number of halogens is 1. The van der Waals surface area contributed by atoms with E-state index in [1.165, 1.54) is 30.3 Å². The lowest BCUT2D eigenvalue weighted by Crippen LogP contribution is -2.10. The van der Waals surface area contributed by atoms with E-state index in [-0.39, 0.29) is 39.1 Å². The molecule has 0 atom stereocenters. The molecule has 0 amide bonds. The van der Waals surface area contributed by atoms with Crippen LogP contribution in [-0.2, 0) is 0 Å². The molecule has 11 nitrogen and oxygen atoms in total. The van der Waals surface area contributed by atoms with E-state index < -0.39 is 16.9 Å². The smallest absolute Gasteiger partial charge is 0.343 e. The van der Waals surface area contributed by atoms with Gasteiger partial charge in [-0.3, -0.25) is 10.1 Å². The predicted molar refractivity (Wildman–Crippen MR) is 191 cm³/mol. The summed E-state index contributed by atoms with van der Waals surface area (Å²) in [6.07, 6.45) is 8.69. The van der Waals surface area contributed by atoms with Crippen LogP contribution in [0.5, 0.6) is 23.0 Å². The summed E-state index contributed by atoms with van der Waals surface area (Å²) in [4.78, 5) is 36.7. The maximum atomic E-state index is 13.2. The van der Waals surface area contributed by atoms with E-state index in [2.05, 4.69) is 24.1 Å². The Labute approximate surface area is 296 Å². The minimum Gasteiger partial charge on any atom is -0.494 e. The summed E-state index contributed by atoms with van der Waals surface area (Å²) < 4.78 is 22.8. The number of hydrogen-bond acceptors (Lipinski definition) is 10. The normalized spacial score (nSPS) is 10.9. The van der Waals surface area contributed by atoms with E-state index in [9.17, 15) is 19.7 Å². The van der Waals surface area contributed by atoms with Crippen molar-refractivity contribution in [1.82, 2.24) is 0 Å². The van der Waals surface area contributed by atoms with Gasteiger partial charge in [-0.1, -0.05) is 64.0 Å². The van der Waals surface area contributed by atoms with Crippen molar-refractivity contribution in [2.24, 2.45) is 10.2 Å². The second kappa shape index (κ2) is 19.6. The van der Waals surface area contributed by atoms with Gasteiger partial charge in [0, 0.05) is 18.2 Å². The van der Waals surface area contributed by atoms with Crippen LogP contribution in [0, 0.1) is 10.1 Å². The van der Waals surface area contributed by atoms with Gasteiger partial charge in [0.25, 0.3) is 5.69 Å². The Bertz CT molecular complexity index is 1760. The Kier molecular flexibility index (Phi) is 14.7. The van der Waals surface area contributed by atoms with E-state index in [1.54, 1.807) is 48.5 Å². The zero-order valence-corrected chi connectivity index (χ0v) is 28.9. The van der Waals surface area contributed by atoms with Gasteiger partial charge in [-0.15, -0.1) is 10.2 Å². The first-order valence-corrected chi connectivity index (χ1v) is 17.0. The third-order valence-corrected chi connectivity index (χ3v) is 7.77. The third kappa shape index (κ3) is 11.7. The molecule has 0 aromatic heterocycles. The average Bonchev–Trinajstić information content (AvgIpc) is 3.12. The fourth-order valence-corrected chi connectivity index (χ4v) is 4.87. The van der Waals surface area contributed by atoms with Crippen LogP contribution in [0.2, 0.25) is 5.02 Å². The molecule has 0 saturated heterocycles. The first kappa shape index (κ1) is 37.5. The molecule has 50 heavy (non-hydrogen) atoms. The van der Waals surface area contributed by atoms with E-state index in [4.69, 9.17) is 30.5 Å². The van der Waals surface area contributed by atoms with Gasteiger partial charge in [0.15, 0.2) is 5.75 Å². The molecule has 4 aromatic carbocycles. The van der Waals surface area contributed by atoms with Gasteiger partial charge >= 0.3 is 11.9 Å². The molecule has 0 unspecified atom stereocenters. The minimum atomic E-state index is -0.696. The zero-order chi connectivity index (χ0) is 35.7. The standard InChI is InChI=1S/C38H40ClN3O8/c1-3-5-7-9-23-47-30-16-11-27(12-17-30)37(43)49-32-20-22-35(41-40-34-21-15-29(42(45)46)25-33(34)39)36(26-32)50-38(44)28-13-18-31(19-14-28)48-24-10-8-6-4-2/h11-22,25-26H,3-10,23-24H2,1-2H3. The van der Waals surface area contributed by atoms with Crippen LogP contribution in [-0.4, -0.2) is 30.1 Å². The van der Waals surface area contributed by atoms with Crippen molar-refractivity contribution in [3.05, 3.63) is 111 Å². The number of ether oxygens (including phenoxy) is 4. The fourth-order valence-electron chi connectivity index (χ4n) is 4.66. The molecule has 0 aliphatic heterocycles. The Morgan fingerprint density at radius 1 is 0.640 bits per heavy atom. The molecule has 4 rings (SSSR count). The van der Waals surface area contributed by atoms with E-state index >= 15 is 0 Å². The van der Waals surface area contributed by atoms with Crippen LogP contribution < -0.4 is 18.9 Å². The summed E-state index contributed by atoms with van der Waals surface area (Å²) in [6.45, 7) is 5.48. The molecule has 0 spiro atoms. The minimum absolute atomic E-state index is 0.00706. The highest BCUT2D eigenvalue weighted by molar-refractivity contribution is 6.33. The first-order valence-electron chi connectivity index (χ1n) is 16.7. The predicted octanol–water partition coefficient (Wildman–Crippen LogP) is 11.0. The number of hydrogen-bond donors (Lipinski definition) is 0. The van der Waals surface area contributed by atoms with Crippen molar-refractivity contribution >= 4 is 40.6 Å². The van der Waals surface area contributed by atoms with Gasteiger partial charge < -0.3 is 18.9 Å². The van der Waals surface area contributed by atoms with Crippen molar-refractivity contribution in [2.75, 3.05) is 13.2 Å². The first-order chi connectivity index (χ1) is 24.3. The molecule has 0 aliphatic rings. The van der Waals surface area contributed by atoms with Gasteiger partial charge in [-0.25, -0.2) is 9.59 Å². The quantitative estimate of drug-likeness (QED) is 0.0235. The summed E-state index contributed by atoms with van der Waals surface area (Å²) >= 11 is 6.19. The number of unbranched alkanes of at least 4 members (excludes halogenated alkanes) is 6. The topological polar surface area (TPSA) is 139 Å². The molecule has 0 saturated carbocycles. The maximum absolute atomic E-state index is 13.2. The van der Waals surface area contributed by atoms with Crippen LogP contribution in [0.25, 0.3) is 0 Å². The van der Waals surface area contributed by atoms with E-state index in [0.29, 0.717) is 30.3 Å². The number of carbonyl (C=O) groups is 2. The molecule has 0 N–H and O–H groups in total. The molecule has 0 fully saturated rings. The second-order valence-electron chi connectivity index (χ2n) is 11.4. The lowest BCUT2D eigenvalue weighted by Gasteiger charge is -2.11. The number of non-ortho nitro benzene ring substituents is 1. The van der Waals surface area contributed by atoms with Crippen molar-refractivity contribution < 1.29 is 33.5 Å². The van der Waals surface area contributed by atoms with Crippen LogP contribution in [0.3, 0.4) is 0 Å². The molecule has 0 radical (unpaired) electrons. The summed E-state index contributed by atoms with van der Waals surface area (Å²) in [5.74, 6) is 0.000148. The van der Waals surface area contributed by atoms with Crippen LogP contribution in [0.15, 0.2) is 95.2 Å². The van der Waals surface area contributed by atoms with Crippen LogP contribution in [0.1, 0.15) is 85.9 Å². The highest BCUT2D eigenvalue weighted by Crippen LogP contribution is 2.36. The Hall–Kier alpha value is -5.29. The molecule has 262 valence electrons. The van der Waals surface area contributed by atoms with Crippen molar-refractivity contribution in [3.8, 4) is 23.0 Å². The van der Waals surface area contributed by atoms with Crippen LogP contribution in [0.4, 0.5) is 17.1 Å². The molecular formula is C38H40ClN3O8. The van der Waals surface area contributed by atoms with Gasteiger partial charge in [0.1, 0.15) is 28.6 Å². The largest absolute Gasteiger partial charge is 0.494 e. The number of rotatable bonds is 19. The second-order valence-corrected chi connectivity index (χ2v) is 11.8. The molecular weight excluding hydrogens is 662 g/mol. The zero-order valence-electron chi connectivity index (χ0n) is 28.1. The third-order valence-electron chi connectivity index (χ3n) is 7.47. The van der Waals surface area contributed by atoms with Crippen molar-refractivity contribution in [1.29, 1.82) is 0 Å². The number of nitrogens with zero attached hydrogens (tertiary/aromatic N) is 3. The van der Waals surface area contributed by atoms with Gasteiger partial charge in [-0.2, -0.15) is 0 Å². The Morgan fingerprint density at radius 3 is 1.66 bits per heavy atom. The SMILES string of the molecule is CCCCCCOc1ccc(C(=O)Oc2ccc(N=Nc3ccc([N+](=O)[O-])cc3Cl)c(OC(=O)c3ccc(OCCCCCC)cc3)c2)cc1. The number of nitro benzene ring substituents is 1. The van der Waals surface area contributed by atoms with Gasteiger partial charge in [-0.05, 0) is 79.6 Å². The lowest BCUT2D eigenvalue weighted by atomic mass is 10.2. The summed E-state index contributed by atoms with van der Waals surface area (Å²) in [7, 11) is 0. The molecule has 0 heterocycles. The summed E-state index contributed by atoms with van der Waals surface area (Å²) in [5, 5.41) is 19.4. The fraction of sp³-hybridized carbons (Fsp3) is 0.316. The number of nitro groups is 1.